The first kappa shape index (κ1) is 4.77. The van der Waals surface area contributed by atoms with Crippen LogP contribution in [0.1, 0.15) is 6.92 Å². The predicted octanol–water partition coefficient (Wildman–Crippen LogP) is -0.243. The molecule has 4 unspecified atom stereocenters. The van der Waals surface area contributed by atoms with Gasteiger partial charge < -0.3 is 11.1 Å². The topological polar surface area (TPSA) is 38.0 Å². The molecule has 2 aliphatic rings. The Hall–Kier alpha value is -0.0800. The Morgan fingerprint density at radius 1 is 1.62 bits per heavy atom. The molecule has 2 nitrogen and oxygen atoms in total. The molecule has 2 rings (SSSR count). The summed E-state index contributed by atoms with van der Waals surface area (Å²) in [6, 6.07) is 0. The quantitative estimate of drug-likeness (QED) is 0.454. The molecule has 1 aliphatic heterocycles. The molecule has 0 radical (unpaired) electrons. The maximum absolute atomic E-state index is 5.70. The number of fused-ring (bicyclic) bond motifs is 1. The molecule has 1 heterocycles. The molecule has 3 N–H and O–H groups in total. The van der Waals surface area contributed by atoms with Crippen molar-refractivity contribution in [2.24, 2.45) is 23.5 Å². The van der Waals surface area contributed by atoms with Gasteiger partial charge in [-0.15, -0.1) is 0 Å². The van der Waals surface area contributed by atoms with Crippen LogP contribution < -0.4 is 11.1 Å². The Balaban J connectivity index is 2.07. The van der Waals surface area contributed by atoms with Gasteiger partial charge in [0.05, 0.1) is 6.17 Å². The van der Waals surface area contributed by atoms with Gasteiger partial charge in [-0.1, -0.05) is 6.92 Å². The summed E-state index contributed by atoms with van der Waals surface area (Å²) < 4.78 is 0. The van der Waals surface area contributed by atoms with Gasteiger partial charge in [0.25, 0.3) is 0 Å². The molecule has 2 heteroatoms. The van der Waals surface area contributed by atoms with Crippen molar-refractivity contribution in [3.63, 3.8) is 0 Å². The smallest absolute Gasteiger partial charge is 0.0581 e. The lowest BCUT2D eigenvalue weighted by atomic mass is 10.3. The minimum atomic E-state index is 0.315. The highest BCUT2D eigenvalue weighted by Gasteiger charge is 2.53. The van der Waals surface area contributed by atoms with E-state index in [0.29, 0.717) is 6.17 Å². The van der Waals surface area contributed by atoms with Gasteiger partial charge in [-0.05, 0) is 17.8 Å². The Labute approximate surface area is 49.4 Å². The van der Waals surface area contributed by atoms with Crippen molar-refractivity contribution in [3.8, 4) is 0 Å². The monoisotopic (exact) mass is 112 g/mol. The first-order chi connectivity index (χ1) is 3.80. The van der Waals surface area contributed by atoms with Gasteiger partial charge >= 0.3 is 0 Å². The van der Waals surface area contributed by atoms with Crippen molar-refractivity contribution in [1.29, 1.82) is 0 Å². The van der Waals surface area contributed by atoms with E-state index in [-0.39, 0.29) is 0 Å². The summed E-state index contributed by atoms with van der Waals surface area (Å²) in [6.45, 7) is 3.45. The molecule has 0 amide bonds. The van der Waals surface area contributed by atoms with Crippen LogP contribution >= 0.6 is 0 Å². The van der Waals surface area contributed by atoms with Crippen LogP contribution in [0.25, 0.3) is 0 Å². The molecule has 4 atom stereocenters. The summed E-state index contributed by atoms with van der Waals surface area (Å²) in [5.41, 5.74) is 5.70. The zero-order chi connectivity index (χ0) is 5.72. The van der Waals surface area contributed by atoms with Gasteiger partial charge in [-0.25, -0.2) is 0 Å². The van der Waals surface area contributed by atoms with Gasteiger partial charge in [0.1, 0.15) is 0 Å². The van der Waals surface area contributed by atoms with E-state index in [9.17, 15) is 0 Å². The van der Waals surface area contributed by atoms with Crippen LogP contribution in [0.4, 0.5) is 0 Å². The third kappa shape index (κ3) is 0.400. The zero-order valence-electron chi connectivity index (χ0n) is 5.09. The van der Waals surface area contributed by atoms with Gasteiger partial charge in [0, 0.05) is 6.54 Å². The minimum Gasteiger partial charge on any atom is -0.316 e. The highest BCUT2D eigenvalue weighted by atomic mass is 15.1. The first-order valence-corrected chi connectivity index (χ1v) is 3.29. The molecule has 1 saturated heterocycles. The summed E-state index contributed by atoms with van der Waals surface area (Å²) >= 11 is 0. The molecule has 46 valence electrons. The first-order valence-electron chi connectivity index (χ1n) is 3.29. The summed E-state index contributed by atoms with van der Waals surface area (Å²) in [6.07, 6.45) is 0.315. The maximum Gasteiger partial charge on any atom is 0.0581 e. The zero-order valence-corrected chi connectivity index (χ0v) is 5.09. The summed E-state index contributed by atoms with van der Waals surface area (Å²) in [4.78, 5) is 0. The van der Waals surface area contributed by atoms with Gasteiger partial charge in [-0.3, -0.25) is 0 Å². The third-order valence-electron chi connectivity index (χ3n) is 2.64. The van der Waals surface area contributed by atoms with E-state index in [1.807, 2.05) is 0 Å². The second-order valence-electron chi connectivity index (χ2n) is 3.03. The number of rotatable bonds is 0. The number of piperidine rings is 1. The average Bonchev–Trinajstić information content (AvgIpc) is 2.13. The van der Waals surface area contributed by atoms with E-state index in [0.717, 1.165) is 24.3 Å². The molecule has 0 aromatic carbocycles. The largest absolute Gasteiger partial charge is 0.316 e. The number of hydrogen-bond acceptors (Lipinski definition) is 2. The lowest BCUT2D eigenvalue weighted by Crippen LogP contribution is -2.36. The van der Waals surface area contributed by atoms with Gasteiger partial charge in [-0.2, -0.15) is 0 Å². The van der Waals surface area contributed by atoms with Crippen molar-refractivity contribution in [3.05, 3.63) is 0 Å². The van der Waals surface area contributed by atoms with Gasteiger partial charge in [0.15, 0.2) is 0 Å². The normalized spacial score (nSPS) is 60.8. The van der Waals surface area contributed by atoms with E-state index in [1.165, 1.54) is 0 Å². The second-order valence-corrected chi connectivity index (χ2v) is 3.03. The van der Waals surface area contributed by atoms with Crippen LogP contribution in [0.2, 0.25) is 0 Å². The van der Waals surface area contributed by atoms with E-state index in [2.05, 4.69) is 12.2 Å². The second kappa shape index (κ2) is 1.25. The van der Waals surface area contributed by atoms with Crippen molar-refractivity contribution in [1.82, 2.24) is 5.32 Å². The molecule has 8 heavy (non-hydrogen) atoms. The van der Waals surface area contributed by atoms with Crippen molar-refractivity contribution < 1.29 is 0 Å². The fourth-order valence-corrected chi connectivity index (χ4v) is 1.90. The molecule has 1 saturated carbocycles. The standard InChI is InChI=1S/C6H12N2/c1-3-4-2-8-6(7)5(3)4/h3-6,8H,2,7H2,1H3. The Morgan fingerprint density at radius 2 is 2.38 bits per heavy atom. The Kier molecular flexibility index (Phi) is 0.746. The minimum absolute atomic E-state index is 0.315. The van der Waals surface area contributed by atoms with Gasteiger partial charge in [0.2, 0.25) is 0 Å². The molecule has 0 spiro atoms. The van der Waals surface area contributed by atoms with Crippen molar-refractivity contribution in [2.75, 3.05) is 6.54 Å². The fraction of sp³-hybridized carbons (Fsp3) is 1.00. The lowest BCUT2D eigenvalue weighted by Gasteiger charge is -2.05. The highest BCUT2D eigenvalue weighted by molar-refractivity contribution is 5.05. The molecular weight excluding hydrogens is 100 g/mol. The summed E-state index contributed by atoms with van der Waals surface area (Å²) in [5.74, 6) is 2.64. The van der Waals surface area contributed by atoms with Crippen LogP contribution in [0, 0.1) is 17.8 Å². The third-order valence-corrected chi connectivity index (χ3v) is 2.64. The number of nitrogens with two attached hydrogens (primary N) is 1. The Morgan fingerprint density at radius 3 is 2.62 bits per heavy atom. The Bertz CT molecular complexity index is 111. The molecule has 0 aromatic rings. The summed E-state index contributed by atoms with van der Waals surface area (Å²) in [5, 5.41) is 3.23. The number of hydrogen-bond donors (Lipinski definition) is 2. The molecule has 0 bridgehead atoms. The van der Waals surface area contributed by atoms with Crippen LogP contribution in [0.3, 0.4) is 0 Å². The summed E-state index contributed by atoms with van der Waals surface area (Å²) in [7, 11) is 0. The van der Waals surface area contributed by atoms with E-state index < -0.39 is 0 Å². The van der Waals surface area contributed by atoms with Crippen LogP contribution in [-0.2, 0) is 0 Å². The molecular formula is C6H12N2. The fourth-order valence-electron chi connectivity index (χ4n) is 1.90. The molecule has 2 fully saturated rings. The van der Waals surface area contributed by atoms with Crippen molar-refractivity contribution in [2.45, 2.75) is 13.1 Å². The highest BCUT2D eigenvalue weighted by Crippen LogP contribution is 2.49. The SMILES string of the molecule is CC1C2CNC(N)C12. The molecule has 1 aliphatic carbocycles. The lowest BCUT2D eigenvalue weighted by molar-refractivity contribution is 0.506. The van der Waals surface area contributed by atoms with E-state index in [4.69, 9.17) is 5.73 Å². The van der Waals surface area contributed by atoms with Crippen molar-refractivity contribution >= 4 is 0 Å². The van der Waals surface area contributed by atoms with E-state index >= 15 is 0 Å². The maximum atomic E-state index is 5.70. The van der Waals surface area contributed by atoms with Crippen LogP contribution in [0.5, 0.6) is 0 Å². The average molecular weight is 112 g/mol. The van der Waals surface area contributed by atoms with Crippen LogP contribution in [0.15, 0.2) is 0 Å². The van der Waals surface area contributed by atoms with E-state index in [1.54, 1.807) is 0 Å². The molecule has 0 aromatic heterocycles. The predicted molar refractivity (Wildman–Crippen MR) is 32.1 cm³/mol. The van der Waals surface area contributed by atoms with Crippen LogP contribution in [-0.4, -0.2) is 12.7 Å². The number of nitrogens with one attached hydrogen (secondary N) is 1.